The molecule has 6 nitrogen and oxygen atoms in total. The van der Waals surface area contributed by atoms with E-state index in [0.29, 0.717) is 49.8 Å². The number of rotatable bonds is 7. The Morgan fingerprint density at radius 1 is 0.833 bits per heavy atom. The summed E-state index contributed by atoms with van der Waals surface area (Å²) in [5.41, 5.74) is -0.310. The van der Waals surface area contributed by atoms with Crippen molar-refractivity contribution >= 4 is 33.9 Å². The molecular weight excluding hydrogens is 562 g/mol. The van der Waals surface area contributed by atoms with Crippen LogP contribution in [0.4, 0.5) is 43.4 Å². The molecule has 3 aromatic carbocycles. The number of piperazine rings is 1. The number of esters is 1. The second kappa shape index (κ2) is 11.9. The summed E-state index contributed by atoms with van der Waals surface area (Å²) in [5.74, 6) is -0.602. The predicted molar refractivity (Wildman–Crippen MR) is 147 cm³/mol. The highest BCUT2D eigenvalue weighted by Gasteiger charge is 2.33. The van der Waals surface area contributed by atoms with E-state index in [9.17, 15) is 31.1 Å². The number of hydrogen-bond donors (Lipinski definition) is 1. The van der Waals surface area contributed by atoms with Crippen LogP contribution < -0.4 is 10.2 Å². The Balaban J connectivity index is 1.19. The van der Waals surface area contributed by atoms with Gasteiger partial charge in [0.25, 0.3) is 0 Å². The van der Waals surface area contributed by atoms with Gasteiger partial charge in [-0.2, -0.15) is 26.3 Å². The highest BCUT2D eigenvalue weighted by molar-refractivity contribution is 6.00. The Labute approximate surface area is 237 Å². The van der Waals surface area contributed by atoms with Crippen molar-refractivity contribution in [2.24, 2.45) is 0 Å². The Morgan fingerprint density at radius 3 is 2.31 bits per heavy atom. The monoisotopic (exact) mass is 588 g/mol. The van der Waals surface area contributed by atoms with E-state index in [1.54, 1.807) is 30.3 Å². The molecule has 4 aromatic rings. The first kappa shape index (κ1) is 29.2. The number of halogens is 6. The van der Waals surface area contributed by atoms with E-state index in [4.69, 9.17) is 4.74 Å². The number of carbonyl (C=O) groups excluding carboxylic acids is 1. The van der Waals surface area contributed by atoms with Crippen molar-refractivity contribution in [2.45, 2.75) is 12.4 Å². The van der Waals surface area contributed by atoms with E-state index >= 15 is 0 Å². The number of pyridine rings is 1. The summed E-state index contributed by atoms with van der Waals surface area (Å²) in [4.78, 5) is 20.8. The molecule has 1 fully saturated rings. The predicted octanol–water partition coefficient (Wildman–Crippen LogP) is 7.00. The number of fused-ring (bicyclic) bond motifs is 1. The van der Waals surface area contributed by atoms with Gasteiger partial charge in [-0.05, 0) is 42.5 Å². The summed E-state index contributed by atoms with van der Waals surface area (Å²) in [5, 5.41) is 3.30. The molecule has 1 aliphatic heterocycles. The van der Waals surface area contributed by atoms with Crippen LogP contribution in [0.2, 0.25) is 0 Å². The number of anilines is 3. The summed E-state index contributed by atoms with van der Waals surface area (Å²) in [6.45, 7) is 2.74. The summed E-state index contributed by atoms with van der Waals surface area (Å²) < 4.78 is 85.1. The number of alkyl halides is 6. The molecule has 0 aliphatic carbocycles. The highest BCUT2D eigenvalue weighted by atomic mass is 19.4. The van der Waals surface area contributed by atoms with Gasteiger partial charge in [0.05, 0.1) is 27.9 Å². The van der Waals surface area contributed by atoms with Crippen LogP contribution in [0.5, 0.6) is 0 Å². The van der Waals surface area contributed by atoms with Crippen LogP contribution in [-0.4, -0.2) is 55.2 Å². The molecule has 0 unspecified atom stereocenters. The lowest BCUT2D eigenvalue weighted by molar-refractivity contribution is -0.138. The quantitative estimate of drug-likeness (QED) is 0.186. The molecule has 1 N–H and O–H groups in total. The van der Waals surface area contributed by atoms with Gasteiger partial charge < -0.3 is 15.0 Å². The summed E-state index contributed by atoms with van der Waals surface area (Å²) >= 11 is 0. The second-order valence-electron chi connectivity index (χ2n) is 9.74. The van der Waals surface area contributed by atoms with E-state index in [2.05, 4.69) is 15.2 Å². The summed E-state index contributed by atoms with van der Waals surface area (Å²) in [7, 11) is 0. The molecule has 0 saturated carbocycles. The van der Waals surface area contributed by atoms with Crippen molar-refractivity contribution in [1.82, 2.24) is 9.88 Å². The van der Waals surface area contributed by atoms with E-state index in [-0.39, 0.29) is 23.1 Å². The normalized spacial score (nSPS) is 14.7. The number of para-hydroxylation sites is 2. The molecular formula is C30H26F6N4O2. The number of aromatic nitrogens is 1. The van der Waals surface area contributed by atoms with Crippen molar-refractivity contribution < 1.29 is 35.9 Å². The maximum absolute atomic E-state index is 13.5. The summed E-state index contributed by atoms with van der Waals surface area (Å²) in [6, 6.07) is 17.1. The van der Waals surface area contributed by atoms with Crippen molar-refractivity contribution in [3.8, 4) is 0 Å². The number of hydrogen-bond acceptors (Lipinski definition) is 6. The van der Waals surface area contributed by atoms with E-state index < -0.39 is 29.4 Å². The van der Waals surface area contributed by atoms with Crippen LogP contribution in [0.15, 0.2) is 79.0 Å². The lowest BCUT2D eigenvalue weighted by Crippen LogP contribution is -2.47. The van der Waals surface area contributed by atoms with Crippen molar-refractivity contribution in [3.63, 3.8) is 0 Å². The average molecular weight is 589 g/mol. The molecule has 5 rings (SSSR count). The molecule has 12 heteroatoms. The largest absolute Gasteiger partial charge is 0.461 e. The summed E-state index contributed by atoms with van der Waals surface area (Å²) in [6.07, 6.45) is -7.70. The average Bonchev–Trinajstić information content (AvgIpc) is 2.97. The zero-order valence-corrected chi connectivity index (χ0v) is 22.2. The molecule has 0 atom stereocenters. The van der Waals surface area contributed by atoms with E-state index in [1.807, 2.05) is 4.90 Å². The maximum atomic E-state index is 13.5. The fraction of sp³-hybridized carbons (Fsp3) is 0.267. The van der Waals surface area contributed by atoms with Crippen LogP contribution in [0.3, 0.4) is 0 Å². The molecule has 0 spiro atoms. The minimum absolute atomic E-state index is 0.0872. The fourth-order valence-corrected chi connectivity index (χ4v) is 4.88. The first-order chi connectivity index (χ1) is 20.0. The number of nitrogens with one attached hydrogen (secondary N) is 1. The van der Waals surface area contributed by atoms with Gasteiger partial charge in [0.2, 0.25) is 0 Å². The Kier molecular flexibility index (Phi) is 8.26. The molecule has 1 saturated heterocycles. The molecule has 42 heavy (non-hydrogen) atoms. The third-order valence-electron chi connectivity index (χ3n) is 7.04. The highest BCUT2D eigenvalue weighted by Crippen LogP contribution is 2.37. The zero-order valence-electron chi connectivity index (χ0n) is 22.2. The van der Waals surface area contributed by atoms with Crippen LogP contribution in [0.25, 0.3) is 10.9 Å². The van der Waals surface area contributed by atoms with Crippen LogP contribution in [-0.2, 0) is 17.1 Å². The smallest absolute Gasteiger partial charge is 0.418 e. The minimum Gasteiger partial charge on any atom is -0.461 e. The van der Waals surface area contributed by atoms with Crippen LogP contribution in [0.1, 0.15) is 21.5 Å². The third kappa shape index (κ3) is 6.59. The van der Waals surface area contributed by atoms with Gasteiger partial charge in [-0.15, -0.1) is 0 Å². The van der Waals surface area contributed by atoms with Gasteiger partial charge >= 0.3 is 18.3 Å². The van der Waals surface area contributed by atoms with Gasteiger partial charge in [-0.25, -0.2) is 4.79 Å². The Bertz CT molecular complexity index is 1570. The first-order valence-corrected chi connectivity index (χ1v) is 13.1. The molecule has 0 bridgehead atoms. The zero-order chi connectivity index (χ0) is 29.9. The van der Waals surface area contributed by atoms with Gasteiger partial charge in [-0.1, -0.05) is 30.3 Å². The Hall–Kier alpha value is -4.32. The number of carbonyl (C=O) groups is 1. The maximum Gasteiger partial charge on any atom is 0.418 e. The SMILES string of the molecule is O=C(OCCN1CCN(c2cccc(C(F)(F)F)c2)CC1)c1ccccc1Nc1ccnc2c(C(F)(F)F)cccc12. The van der Waals surface area contributed by atoms with Gasteiger partial charge in [0.1, 0.15) is 6.61 Å². The van der Waals surface area contributed by atoms with Crippen molar-refractivity contribution in [3.05, 3.63) is 95.7 Å². The van der Waals surface area contributed by atoms with E-state index in [0.717, 1.165) is 18.2 Å². The minimum atomic E-state index is -4.57. The molecule has 2 heterocycles. The van der Waals surface area contributed by atoms with Crippen LogP contribution in [0, 0.1) is 0 Å². The van der Waals surface area contributed by atoms with Crippen molar-refractivity contribution in [1.29, 1.82) is 0 Å². The molecule has 1 aliphatic rings. The van der Waals surface area contributed by atoms with Crippen LogP contribution >= 0.6 is 0 Å². The lowest BCUT2D eigenvalue weighted by atomic mass is 10.1. The standard InChI is InChI=1S/C30H26F6N4O2/c31-29(32,33)20-5-3-6-21(19-20)40-15-13-39(14-16-40)17-18-42-28(41)23-7-1-2-10-25(23)38-26-11-12-37-27-22(26)8-4-9-24(27)30(34,35)36/h1-12,19H,13-18H2,(H,37,38). The van der Waals surface area contributed by atoms with Gasteiger partial charge in [-0.3, -0.25) is 9.88 Å². The fourth-order valence-electron chi connectivity index (χ4n) is 4.88. The van der Waals surface area contributed by atoms with Gasteiger partial charge in [0.15, 0.2) is 0 Å². The molecule has 220 valence electrons. The third-order valence-corrected chi connectivity index (χ3v) is 7.04. The Morgan fingerprint density at radius 2 is 1.57 bits per heavy atom. The van der Waals surface area contributed by atoms with E-state index in [1.165, 1.54) is 30.5 Å². The number of nitrogens with zero attached hydrogens (tertiary/aromatic N) is 3. The second-order valence-corrected chi connectivity index (χ2v) is 9.74. The first-order valence-electron chi connectivity index (χ1n) is 13.1. The number of benzene rings is 3. The number of ether oxygens (including phenoxy) is 1. The van der Waals surface area contributed by atoms with Gasteiger partial charge in [0, 0.05) is 55.7 Å². The molecule has 0 radical (unpaired) electrons. The lowest BCUT2D eigenvalue weighted by Gasteiger charge is -2.36. The van der Waals surface area contributed by atoms with Crippen molar-refractivity contribution in [2.75, 3.05) is 49.5 Å². The molecule has 0 amide bonds. The topological polar surface area (TPSA) is 57.7 Å². The molecule has 1 aromatic heterocycles.